The summed E-state index contributed by atoms with van der Waals surface area (Å²) in [5.41, 5.74) is 0.740. The first-order chi connectivity index (χ1) is 14.3. The van der Waals surface area contributed by atoms with Crippen LogP contribution in [0.25, 0.3) is 0 Å². The summed E-state index contributed by atoms with van der Waals surface area (Å²) in [4.78, 5) is 27.7. The van der Waals surface area contributed by atoms with E-state index in [-0.39, 0.29) is 23.4 Å². The van der Waals surface area contributed by atoms with E-state index in [2.05, 4.69) is 0 Å². The largest absolute Gasteiger partial charge is 0.507 e. The van der Waals surface area contributed by atoms with E-state index in [1.54, 1.807) is 24.3 Å². The van der Waals surface area contributed by atoms with Gasteiger partial charge in [-0.1, -0.05) is 48.0 Å². The fourth-order valence-corrected chi connectivity index (χ4v) is 4.02. The number of carbonyl (C=O) groups excluding carboxylic acids is 2. The van der Waals surface area contributed by atoms with Crippen molar-refractivity contribution in [3.05, 3.63) is 94.0 Å². The molecule has 0 aliphatic carbocycles. The number of amides is 1. The van der Waals surface area contributed by atoms with Gasteiger partial charge in [0.1, 0.15) is 5.75 Å². The summed E-state index contributed by atoms with van der Waals surface area (Å²) in [5.74, 6) is -1.32. The number of aromatic hydroxyl groups is 1. The van der Waals surface area contributed by atoms with Gasteiger partial charge >= 0.3 is 0 Å². The quantitative estimate of drug-likeness (QED) is 0.600. The molecule has 1 heterocycles. The number of hydrogen-bond donors (Lipinski definition) is 2. The number of para-hydroxylation sites is 1. The first-order valence-electron chi connectivity index (χ1n) is 9.51. The summed E-state index contributed by atoms with van der Waals surface area (Å²) in [6.45, 7) is 2.21. The predicted octanol–water partition coefficient (Wildman–Crippen LogP) is 4.36. The van der Waals surface area contributed by atoms with Crippen LogP contribution in [0.15, 0.2) is 66.7 Å². The third-order valence-corrected chi connectivity index (χ3v) is 5.74. The van der Waals surface area contributed by atoms with Gasteiger partial charge in [-0.05, 0) is 48.4 Å². The lowest BCUT2D eigenvalue weighted by atomic mass is 9.88. The van der Waals surface area contributed by atoms with Crippen molar-refractivity contribution < 1.29 is 19.8 Å². The Bertz CT molecular complexity index is 1160. The number of nitrogens with zero attached hydrogens (tertiary/aromatic N) is 1. The van der Waals surface area contributed by atoms with Crippen LogP contribution in [0, 0.1) is 6.92 Å². The molecule has 2 N–H and O–H groups in total. The van der Waals surface area contributed by atoms with Crippen molar-refractivity contribution in [2.45, 2.75) is 25.5 Å². The minimum atomic E-state index is -2.07. The number of fused-ring (bicyclic) bond motifs is 1. The Morgan fingerprint density at radius 2 is 1.77 bits per heavy atom. The smallest absolute Gasteiger partial charge is 0.264 e. The lowest BCUT2D eigenvalue weighted by Crippen LogP contribution is -2.41. The molecule has 30 heavy (non-hydrogen) atoms. The first-order valence-corrected chi connectivity index (χ1v) is 9.89. The van der Waals surface area contributed by atoms with Gasteiger partial charge in [-0.3, -0.25) is 9.59 Å². The van der Waals surface area contributed by atoms with Crippen molar-refractivity contribution in [1.82, 2.24) is 0 Å². The molecule has 1 amide bonds. The highest BCUT2D eigenvalue weighted by atomic mass is 35.5. The number of aliphatic hydroxyl groups is 1. The average Bonchev–Trinajstić information content (AvgIpc) is 2.91. The molecule has 0 radical (unpaired) electrons. The normalized spacial score (nSPS) is 17.8. The third-order valence-electron chi connectivity index (χ3n) is 5.50. The maximum absolute atomic E-state index is 13.4. The lowest BCUT2D eigenvalue weighted by molar-refractivity contribution is -0.136. The Morgan fingerprint density at radius 1 is 1.07 bits per heavy atom. The Balaban J connectivity index is 1.74. The molecular weight excluding hydrogens is 402 g/mol. The van der Waals surface area contributed by atoms with Crippen LogP contribution < -0.4 is 4.90 Å². The number of phenolic OH excluding ortho intramolecular Hbond substituents is 1. The number of benzene rings is 3. The minimum Gasteiger partial charge on any atom is -0.507 e. The Kier molecular flexibility index (Phi) is 5.10. The standard InChI is InChI=1S/C24H20ClNO4/c1-15-6-2-3-7-16(15)14-26-20-11-10-17(25)12-19(20)24(30,23(26)29)13-22(28)18-8-4-5-9-21(18)27/h2-12,27,30H,13-14H2,1H3/t24-/m0/s1. The second kappa shape index (κ2) is 7.59. The van der Waals surface area contributed by atoms with Gasteiger partial charge in [0.2, 0.25) is 0 Å². The van der Waals surface area contributed by atoms with E-state index in [1.807, 2.05) is 31.2 Å². The van der Waals surface area contributed by atoms with Crippen molar-refractivity contribution in [1.29, 1.82) is 0 Å². The number of rotatable bonds is 5. The van der Waals surface area contributed by atoms with Crippen LogP contribution >= 0.6 is 11.6 Å². The van der Waals surface area contributed by atoms with Gasteiger partial charge in [0, 0.05) is 10.6 Å². The molecule has 3 aromatic rings. The van der Waals surface area contributed by atoms with Crippen LogP contribution in [0.1, 0.15) is 33.5 Å². The number of phenols is 1. The van der Waals surface area contributed by atoms with E-state index < -0.39 is 23.7 Å². The molecular formula is C24H20ClNO4. The molecule has 0 fully saturated rings. The summed E-state index contributed by atoms with van der Waals surface area (Å²) >= 11 is 6.14. The van der Waals surface area contributed by atoms with Gasteiger partial charge in [-0.15, -0.1) is 0 Å². The maximum Gasteiger partial charge on any atom is 0.264 e. The highest BCUT2D eigenvalue weighted by Crippen LogP contribution is 2.45. The highest BCUT2D eigenvalue weighted by Gasteiger charge is 2.51. The van der Waals surface area contributed by atoms with Crippen LogP contribution in [0.3, 0.4) is 0 Å². The van der Waals surface area contributed by atoms with Crippen LogP contribution in [0.2, 0.25) is 5.02 Å². The number of halogens is 1. The number of hydrogen-bond acceptors (Lipinski definition) is 4. The Morgan fingerprint density at radius 3 is 2.50 bits per heavy atom. The summed E-state index contributed by atoms with van der Waals surface area (Å²) in [5, 5.41) is 21.8. The maximum atomic E-state index is 13.4. The van der Waals surface area contributed by atoms with Gasteiger partial charge < -0.3 is 15.1 Å². The molecule has 3 aromatic carbocycles. The minimum absolute atomic E-state index is 0.0552. The van der Waals surface area contributed by atoms with E-state index in [1.165, 1.54) is 23.1 Å². The second-order valence-electron chi connectivity index (χ2n) is 7.46. The molecule has 0 spiro atoms. The van der Waals surface area contributed by atoms with Gasteiger partial charge in [0.05, 0.1) is 24.2 Å². The number of Topliss-reactive ketones (excluding diaryl/α,β-unsaturated/α-hetero) is 1. The molecule has 0 saturated heterocycles. The van der Waals surface area contributed by atoms with Crippen molar-refractivity contribution >= 4 is 29.0 Å². The zero-order chi connectivity index (χ0) is 21.5. The SMILES string of the molecule is Cc1ccccc1CN1C(=O)[C@](O)(CC(=O)c2ccccc2O)c2cc(Cl)ccc21. The van der Waals surface area contributed by atoms with E-state index in [0.717, 1.165) is 11.1 Å². The molecule has 5 nitrogen and oxygen atoms in total. The van der Waals surface area contributed by atoms with Crippen LogP contribution in [-0.4, -0.2) is 21.9 Å². The average molecular weight is 422 g/mol. The molecule has 6 heteroatoms. The van der Waals surface area contributed by atoms with Crippen LogP contribution in [0.5, 0.6) is 5.75 Å². The van der Waals surface area contributed by atoms with Gasteiger partial charge in [0.25, 0.3) is 5.91 Å². The summed E-state index contributed by atoms with van der Waals surface area (Å²) in [7, 11) is 0. The number of aryl methyl sites for hydroxylation is 1. The van der Waals surface area contributed by atoms with E-state index >= 15 is 0 Å². The molecule has 0 unspecified atom stereocenters. The van der Waals surface area contributed by atoms with Crippen LogP contribution in [0.4, 0.5) is 5.69 Å². The lowest BCUT2D eigenvalue weighted by Gasteiger charge is -2.23. The van der Waals surface area contributed by atoms with Crippen molar-refractivity contribution in [2.24, 2.45) is 0 Å². The summed E-state index contributed by atoms with van der Waals surface area (Å²) < 4.78 is 0. The number of ketones is 1. The molecule has 1 aliphatic heterocycles. The monoisotopic (exact) mass is 421 g/mol. The molecule has 152 valence electrons. The molecule has 1 atom stereocenters. The van der Waals surface area contributed by atoms with E-state index in [9.17, 15) is 19.8 Å². The second-order valence-corrected chi connectivity index (χ2v) is 7.89. The summed E-state index contributed by atoms with van der Waals surface area (Å²) in [6, 6.07) is 18.6. The molecule has 0 aromatic heterocycles. The van der Waals surface area contributed by atoms with Crippen molar-refractivity contribution in [2.75, 3.05) is 4.90 Å². The fraction of sp³-hybridized carbons (Fsp3) is 0.167. The first kappa shape index (κ1) is 20.1. The Hall–Kier alpha value is -3.15. The molecule has 4 rings (SSSR count). The number of anilines is 1. The fourth-order valence-electron chi connectivity index (χ4n) is 3.85. The van der Waals surface area contributed by atoms with Crippen LogP contribution in [-0.2, 0) is 16.9 Å². The number of carbonyl (C=O) groups is 2. The van der Waals surface area contributed by atoms with Gasteiger partial charge in [0.15, 0.2) is 11.4 Å². The highest BCUT2D eigenvalue weighted by molar-refractivity contribution is 6.31. The summed E-state index contributed by atoms with van der Waals surface area (Å²) in [6.07, 6.45) is -0.499. The van der Waals surface area contributed by atoms with Gasteiger partial charge in [-0.25, -0.2) is 0 Å². The van der Waals surface area contributed by atoms with Crippen molar-refractivity contribution in [3.63, 3.8) is 0 Å². The Labute approximate surface area is 179 Å². The van der Waals surface area contributed by atoms with Gasteiger partial charge in [-0.2, -0.15) is 0 Å². The predicted molar refractivity (Wildman–Crippen MR) is 115 cm³/mol. The zero-order valence-corrected chi connectivity index (χ0v) is 17.1. The molecule has 1 aliphatic rings. The third kappa shape index (κ3) is 3.36. The molecule has 0 bridgehead atoms. The van der Waals surface area contributed by atoms with E-state index in [0.29, 0.717) is 10.7 Å². The van der Waals surface area contributed by atoms with Crippen molar-refractivity contribution in [3.8, 4) is 5.75 Å². The molecule has 0 saturated carbocycles. The topological polar surface area (TPSA) is 77.8 Å². The van der Waals surface area contributed by atoms with E-state index in [4.69, 9.17) is 11.6 Å². The zero-order valence-electron chi connectivity index (χ0n) is 16.3.